The summed E-state index contributed by atoms with van der Waals surface area (Å²) in [5.74, 6) is 1.65. The smallest absolute Gasteiger partial charge is 0.275 e. The van der Waals surface area contributed by atoms with Gasteiger partial charge in [-0.05, 0) is 12.1 Å². The number of aromatic nitrogens is 2. The van der Waals surface area contributed by atoms with Crippen LogP contribution in [-0.2, 0) is 6.54 Å². The molecule has 2 aromatic carbocycles. The van der Waals surface area contributed by atoms with Crippen molar-refractivity contribution in [2.75, 3.05) is 47.5 Å². The lowest BCUT2D eigenvalue weighted by molar-refractivity contribution is 0.0622. The molecule has 1 N–H and O–H groups in total. The van der Waals surface area contributed by atoms with Crippen LogP contribution in [0.15, 0.2) is 41.2 Å². The largest absolute Gasteiger partial charge is 0.493 e. The van der Waals surface area contributed by atoms with E-state index in [2.05, 4.69) is 15.1 Å². The van der Waals surface area contributed by atoms with Gasteiger partial charge in [0.1, 0.15) is 0 Å². The molecule has 1 amide bonds. The Balaban J connectivity index is 1.47. The van der Waals surface area contributed by atoms with E-state index >= 15 is 0 Å². The second-order valence-corrected chi connectivity index (χ2v) is 7.51. The summed E-state index contributed by atoms with van der Waals surface area (Å²) < 4.78 is 16.4. The van der Waals surface area contributed by atoms with Crippen LogP contribution < -0.4 is 19.8 Å². The van der Waals surface area contributed by atoms with Crippen LogP contribution in [0.3, 0.4) is 0 Å². The first-order valence-electron chi connectivity index (χ1n) is 10.3. The van der Waals surface area contributed by atoms with Crippen molar-refractivity contribution in [1.82, 2.24) is 20.0 Å². The summed E-state index contributed by atoms with van der Waals surface area (Å²) >= 11 is 0. The number of fused-ring (bicyclic) bond motifs is 1. The third-order valence-corrected chi connectivity index (χ3v) is 5.74. The minimum Gasteiger partial charge on any atom is -0.493 e. The van der Waals surface area contributed by atoms with E-state index in [0.29, 0.717) is 60.7 Å². The minimum atomic E-state index is -0.300. The second-order valence-electron chi connectivity index (χ2n) is 7.51. The predicted molar refractivity (Wildman–Crippen MR) is 120 cm³/mol. The fraction of sp³-hybridized carbons (Fsp3) is 0.348. The summed E-state index contributed by atoms with van der Waals surface area (Å²) in [6.07, 6.45) is 0. The number of rotatable bonds is 6. The second kappa shape index (κ2) is 9.27. The van der Waals surface area contributed by atoms with Gasteiger partial charge in [-0.1, -0.05) is 24.3 Å². The highest BCUT2D eigenvalue weighted by Gasteiger charge is 2.26. The monoisotopic (exact) mass is 438 g/mol. The van der Waals surface area contributed by atoms with E-state index in [1.165, 1.54) is 0 Å². The van der Waals surface area contributed by atoms with Crippen molar-refractivity contribution in [2.45, 2.75) is 6.54 Å². The molecule has 1 fully saturated rings. The lowest BCUT2D eigenvalue weighted by Gasteiger charge is -2.35. The van der Waals surface area contributed by atoms with Crippen molar-refractivity contribution in [1.29, 1.82) is 0 Å². The number of nitrogens with zero attached hydrogens (tertiary/aromatic N) is 3. The normalized spacial score (nSPS) is 14.4. The van der Waals surface area contributed by atoms with Crippen LogP contribution in [0, 0.1) is 0 Å². The first-order chi connectivity index (χ1) is 15.6. The maximum Gasteiger partial charge on any atom is 0.275 e. The first-order valence-corrected chi connectivity index (χ1v) is 10.3. The molecule has 4 rings (SSSR count). The molecule has 0 unspecified atom stereocenters. The molecule has 0 atom stereocenters. The number of carbonyl (C=O) groups is 1. The number of hydrogen-bond acceptors (Lipinski definition) is 7. The molecule has 9 heteroatoms. The molecule has 1 saturated heterocycles. The van der Waals surface area contributed by atoms with Crippen LogP contribution in [0.5, 0.6) is 17.2 Å². The van der Waals surface area contributed by atoms with Gasteiger partial charge in [-0.15, -0.1) is 0 Å². The van der Waals surface area contributed by atoms with Crippen LogP contribution >= 0.6 is 0 Å². The van der Waals surface area contributed by atoms with Gasteiger partial charge in [-0.3, -0.25) is 14.5 Å². The van der Waals surface area contributed by atoms with Crippen LogP contribution in [-0.4, -0.2) is 73.4 Å². The van der Waals surface area contributed by atoms with Crippen LogP contribution in [0.4, 0.5) is 0 Å². The maximum atomic E-state index is 13.1. The zero-order chi connectivity index (χ0) is 22.7. The van der Waals surface area contributed by atoms with Gasteiger partial charge < -0.3 is 19.1 Å². The molecule has 3 aromatic rings. The van der Waals surface area contributed by atoms with Crippen molar-refractivity contribution in [3.8, 4) is 17.2 Å². The van der Waals surface area contributed by atoms with Crippen molar-refractivity contribution < 1.29 is 19.0 Å². The molecule has 168 valence electrons. The predicted octanol–water partition coefficient (Wildman–Crippen LogP) is 1.91. The van der Waals surface area contributed by atoms with Gasteiger partial charge in [-0.2, -0.15) is 5.10 Å². The molecule has 0 spiro atoms. The van der Waals surface area contributed by atoms with E-state index in [-0.39, 0.29) is 17.2 Å². The molecule has 0 bridgehead atoms. The topological polar surface area (TPSA) is 97.0 Å². The number of amides is 1. The Bertz CT molecular complexity index is 1180. The van der Waals surface area contributed by atoms with Crippen molar-refractivity contribution >= 4 is 16.7 Å². The summed E-state index contributed by atoms with van der Waals surface area (Å²) in [4.78, 5) is 29.2. The Morgan fingerprint density at radius 3 is 2.28 bits per heavy atom. The highest BCUT2D eigenvalue weighted by atomic mass is 16.5. The van der Waals surface area contributed by atoms with Crippen molar-refractivity contribution in [2.24, 2.45) is 0 Å². The van der Waals surface area contributed by atoms with Crippen LogP contribution in [0.25, 0.3) is 10.8 Å². The van der Waals surface area contributed by atoms with Crippen molar-refractivity contribution in [3.05, 3.63) is 58.0 Å². The standard InChI is InChI=1S/C23H26N4O5/c1-30-18-9-8-15(20(31-2)21(18)32-3)14-26-10-12-27(13-11-26)23(29)19-16-6-4-5-7-17(16)22(28)25-24-19/h4-9H,10-14H2,1-3H3,(H,25,28). The van der Waals surface area contributed by atoms with Gasteiger partial charge in [-0.25, -0.2) is 5.10 Å². The van der Waals surface area contributed by atoms with Gasteiger partial charge in [0.05, 0.1) is 26.7 Å². The minimum absolute atomic E-state index is 0.180. The third kappa shape index (κ3) is 3.99. The molecule has 1 aliphatic heterocycles. The third-order valence-electron chi connectivity index (χ3n) is 5.74. The number of carbonyl (C=O) groups excluding carboxylic acids is 1. The van der Waals surface area contributed by atoms with Gasteiger partial charge in [0.2, 0.25) is 5.75 Å². The summed E-state index contributed by atoms with van der Waals surface area (Å²) in [5, 5.41) is 7.51. The zero-order valence-corrected chi connectivity index (χ0v) is 18.4. The van der Waals surface area contributed by atoms with Gasteiger partial charge in [0, 0.05) is 43.7 Å². The number of aromatic amines is 1. The van der Waals surface area contributed by atoms with E-state index < -0.39 is 0 Å². The highest BCUT2D eigenvalue weighted by molar-refractivity contribution is 6.04. The fourth-order valence-electron chi connectivity index (χ4n) is 4.07. The quantitative estimate of drug-likeness (QED) is 0.628. The summed E-state index contributed by atoms with van der Waals surface area (Å²) in [6, 6.07) is 10.9. The fourth-order valence-corrected chi connectivity index (χ4v) is 4.07. The van der Waals surface area contributed by atoms with Gasteiger partial charge in [0.25, 0.3) is 11.5 Å². The van der Waals surface area contributed by atoms with E-state index in [4.69, 9.17) is 14.2 Å². The molecule has 1 aliphatic rings. The Labute approximate surface area is 185 Å². The summed E-state index contributed by atoms with van der Waals surface area (Å²) in [6.45, 7) is 3.17. The van der Waals surface area contributed by atoms with Crippen molar-refractivity contribution in [3.63, 3.8) is 0 Å². The van der Waals surface area contributed by atoms with Crippen LogP contribution in [0.2, 0.25) is 0 Å². The molecular formula is C23H26N4O5. The molecule has 0 saturated carbocycles. The van der Waals surface area contributed by atoms with E-state index in [0.717, 1.165) is 5.56 Å². The summed E-state index contributed by atoms with van der Waals surface area (Å²) in [5.41, 5.74) is 0.958. The number of nitrogens with one attached hydrogen (secondary N) is 1. The van der Waals surface area contributed by atoms with Gasteiger partial charge >= 0.3 is 0 Å². The zero-order valence-electron chi connectivity index (χ0n) is 18.4. The Hall–Kier alpha value is -3.59. The Morgan fingerprint density at radius 1 is 0.938 bits per heavy atom. The van der Waals surface area contributed by atoms with E-state index in [1.807, 2.05) is 12.1 Å². The molecule has 32 heavy (non-hydrogen) atoms. The number of ether oxygens (including phenoxy) is 3. The molecule has 0 radical (unpaired) electrons. The van der Waals surface area contributed by atoms with E-state index in [9.17, 15) is 9.59 Å². The summed E-state index contributed by atoms with van der Waals surface area (Å²) in [7, 11) is 4.79. The average molecular weight is 438 g/mol. The number of methoxy groups -OCH3 is 3. The maximum absolute atomic E-state index is 13.1. The van der Waals surface area contributed by atoms with Gasteiger partial charge in [0.15, 0.2) is 17.2 Å². The number of hydrogen-bond donors (Lipinski definition) is 1. The molecule has 2 heterocycles. The molecule has 0 aliphatic carbocycles. The molecule has 9 nitrogen and oxygen atoms in total. The lowest BCUT2D eigenvalue weighted by atomic mass is 10.1. The Kier molecular flexibility index (Phi) is 6.27. The molecule has 1 aromatic heterocycles. The number of piperazine rings is 1. The van der Waals surface area contributed by atoms with Crippen LogP contribution in [0.1, 0.15) is 16.1 Å². The van der Waals surface area contributed by atoms with E-state index in [1.54, 1.807) is 50.5 Å². The first kappa shape index (κ1) is 21.6. The number of H-pyrrole nitrogens is 1. The highest BCUT2D eigenvalue weighted by Crippen LogP contribution is 2.40. The number of benzene rings is 2. The lowest BCUT2D eigenvalue weighted by Crippen LogP contribution is -2.48. The average Bonchev–Trinajstić information content (AvgIpc) is 2.84. The SMILES string of the molecule is COc1ccc(CN2CCN(C(=O)c3n[nH]c(=O)c4ccccc34)CC2)c(OC)c1OC. The Morgan fingerprint density at radius 2 is 1.62 bits per heavy atom. The molecular weight excluding hydrogens is 412 g/mol.